The highest BCUT2D eigenvalue weighted by molar-refractivity contribution is 6.10. The second-order valence-electron chi connectivity index (χ2n) is 11.3. The summed E-state index contributed by atoms with van der Waals surface area (Å²) in [5, 5.41) is 12.0. The number of nitrogens with zero attached hydrogens (tertiary/aromatic N) is 4. The minimum absolute atomic E-state index is 0.0185. The van der Waals surface area contributed by atoms with Gasteiger partial charge in [0, 0.05) is 41.4 Å². The Morgan fingerprint density at radius 3 is 2.55 bits per heavy atom. The molecule has 1 saturated carbocycles. The molecule has 1 saturated heterocycles. The number of alkyl halides is 2. The molecule has 1 N–H and O–H groups in total. The van der Waals surface area contributed by atoms with Crippen molar-refractivity contribution in [1.29, 1.82) is 0 Å². The maximum atomic E-state index is 14.3. The lowest BCUT2D eigenvalue weighted by Crippen LogP contribution is -2.49. The second-order valence-corrected chi connectivity index (χ2v) is 11.3. The van der Waals surface area contributed by atoms with Gasteiger partial charge in [-0.3, -0.25) is 4.79 Å². The van der Waals surface area contributed by atoms with E-state index in [0.717, 1.165) is 29.8 Å². The summed E-state index contributed by atoms with van der Waals surface area (Å²) in [5.74, 6) is 0.793. The first-order chi connectivity index (χ1) is 18.2. The summed E-state index contributed by atoms with van der Waals surface area (Å²) in [6, 6.07) is 11.0. The van der Waals surface area contributed by atoms with E-state index in [0.29, 0.717) is 30.0 Å². The molecular weight excluding hydrogens is 488 g/mol. The summed E-state index contributed by atoms with van der Waals surface area (Å²) in [4.78, 5) is 15.3. The number of rotatable bonds is 8. The third-order valence-electron chi connectivity index (χ3n) is 8.56. The smallest absolute Gasteiger partial charge is 0.264 e. The van der Waals surface area contributed by atoms with E-state index in [4.69, 9.17) is 4.74 Å². The Morgan fingerprint density at radius 2 is 1.95 bits per heavy atom. The maximum Gasteiger partial charge on any atom is 0.264 e. The van der Waals surface area contributed by atoms with Gasteiger partial charge in [-0.1, -0.05) is 12.1 Å². The minimum Gasteiger partial charge on any atom is -0.381 e. The van der Waals surface area contributed by atoms with E-state index in [9.17, 15) is 13.6 Å². The van der Waals surface area contributed by atoms with Crippen LogP contribution in [0.5, 0.6) is 0 Å². The Kier molecular flexibility index (Phi) is 6.31. The molecule has 2 aliphatic heterocycles. The molecule has 3 aliphatic rings. The molecule has 9 heteroatoms. The van der Waals surface area contributed by atoms with Crippen molar-refractivity contribution < 1.29 is 18.3 Å². The number of carbonyl (C=O) groups excluding carboxylic acids is 1. The fourth-order valence-electron chi connectivity index (χ4n) is 6.11. The molecule has 1 amide bonds. The fourth-order valence-corrected chi connectivity index (χ4v) is 6.11. The molecule has 2 aromatic carbocycles. The van der Waals surface area contributed by atoms with Crippen LogP contribution in [0.4, 0.5) is 14.5 Å². The van der Waals surface area contributed by atoms with Crippen molar-refractivity contribution in [3.8, 4) is 0 Å². The largest absolute Gasteiger partial charge is 0.381 e. The zero-order chi connectivity index (χ0) is 26.6. The van der Waals surface area contributed by atoms with Gasteiger partial charge in [0.05, 0.1) is 25.7 Å². The van der Waals surface area contributed by atoms with Crippen molar-refractivity contribution in [3.63, 3.8) is 0 Å². The first-order valence-electron chi connectivity index (χ1n) is 13.3. The highest BCUT2D eigenvalue weighted by Gasteiger charge is 2.38. The standard InChI is InChI=1S/C29H33F2N5O2/c1-17(33-29(2)8-5-9-29)19-11-22(26(30)31)24-13-36(28(37)23(24)12-19)21-7-4-6-18(10-21)25(20-14-38-15-20)27-34-32-16-35(27)3/h4,6-7,10-12,16-17,20,25-26,33H,5,8-9,13-15H2,1-3H3. The zero-order valence-corrected chi connectivity index (χ0v) is 22.0. The van der Waals surface area contributed by atoms with Crippen molar-refractivity contribution in [1.82, 2.24) is 20.1 Å². The van der Waals surface area contributed by atoms with Gasteiger partial charge in [0.2, 0.25) is 0 Å². The number of fused-ring (bicyclic) bond motifs is 1. The van der Waals surface area contributed by atoms with Gasteiger partial charge < -0.3 is 19.5 Å². The Balaban J connectivity index is 1.33. The van der Waals surface area contributed by atoms with Gasteiger partial charge in [0.1, 0.15) is 12.2 Å². The number of anilines is 1. The number of aryl methyl sites for hydroxylation is 1. The number of aromatic nitrogens is 3. The summed E-state index contributed by atoms with van der Waals surface area (Å²) in [5.41, 5.74) is 3.16. The van der Waals surface area contributed by atoms with Crippen molar-refractivity contribution in [2.45, 2.75) is 63.6 Å². The molecule has 1 aromatic heterocycles. The lowest BCUT2D eigenvalue weighted by atomic mass is 9.77. The Labute approximate surface area is 221 Å². The molecule has 2 unspecified atom stereocenters. The molecule has 1 aliphatic carbocycles. The van der Waals surface area contributed by atoms with E-state index < -0.39 is 6.43 Å². The van der Waals surface area contributed by atoms with Crippen molar-refractivity contribution in [2.75, 3.05) is 18.1 Å². The van der Waals surface area contributed by atoms with Crippen molar-refractivity contribution in [2.24, 2.45) is 13.0 Å². The molecule has 6 rings (SSSR count). The molecule has 0 spiro atoms. The van der Waals surface area contributed by atoms with Gasteiger partial charge in [0.25, 0.3) is 12.3 Å². The molecule has 2 atom stereocenters. The quantitative estimate of drug-likeness (QED) is 0.437. The first kappa shape index (κ1) is 25.1. The Morgan fingerprint density at radius 1 is 1.16 bits per heavy atom. The van der Waals surface area contributed by atoms with E-state index >= 15 is 0 Å². The van der Waals surface area contributed by atoms with Gasteiger partial charge in [-0.25, -0.2) is 8.78 Å². The van der Waals surface area contributed by atoms with Crippen LogP contribution in [-0.2, 0) is 18.3 Å². The number of halogens is 2. The van der Waals surface area contributed by atoms with Crippen LogP contribution in [0, 0.1) is 5.92 Å². The van der Waals surface area contributed by atoms with Crippen LogP contribution >= 0.6 is 0 Å². The summed E-state index contributed by atoms with van der Waals surface area (Å²) in [7, 11) is 1.91. The van der Waals surface area contributed by atoms with E-state index in [2.05, 4.69) is 22.4 Å². The fraction of sp³-hybridized carbons (Fsp3) is 0.483. The lowest BCUT2D eigenvalue weighted by Gasteiger charge is -2.42. The number of carbonyl (C=O) groups is 1. The van der Waals surface area contributed by atoms with Crippen LogP contribution in [0.1, 0.15) is 89.9 Å². The Bertz CT molecular complexity index is 1360. The van der Waals surface area contributed by atoms with Gasteiger partial charge >= 0.3 is 0 Å². The van der Waals surface area contributed by atoms with Crippen LogP contribution in [0.3, 0.4) is 0 Å². The highest BCUT2D eigenvalue weighted by atomic mass is 19.3. The molecule has 0 bridgehead atoms. The first-order valence-corrected chi connectivity index (χ1v) is 13.3. The van der Waals surface area contributed by atoms with Crippen LogP contribution in [0.25, 0.3) is 0 Å². The van der Waals surface area contributed by atoms with Crippen molar-refractivity contribution in [3.05, 3.63) is 76.4 Å². The topological polar surface area (TPSA) is 72.3 Å². The highest BCUT2D eigenvalue weighted by Crippen LogP contribution is 2.41. The van der Waals surface area contributed by atoms with Crippen LogP contribution in [-0.4, -0.2) is 39.4 Å². The average molecular weight is 522 g/mol. The molecule has 0 radical (unpaired) electrons. The van der Waals surface area contributed by atoms with E-state index in [1.807, 2.05) is 42.8 Å². The molecule has 3 aromatic rings. The predicted molar refractivity (Wildman–Crippen MR) is 139 cm³/mol. The molecule has 38 heavy (non-hydrogen) atoms. The minimum atomic E-state index is -2.66. The molecule has 3 heterocycles. The SMILES string of the molecule is CC(NC1(C)CCC1)c1cc2c(c(C(F)F)c1)CN(c1cccc(C(c3nncn3C)C3COC3)c1)C2=O. The normalized spacial score (nSPS) is 20.3. The van der Waals surface area contributed by atoms with Crippen LogP contribution in [0.15, 0.2) is 42.7 Å². The summed E-state index contributed by atoms with van der Waals surface area (Å²) in [6.45, 7) is 5.53. The molecule has 7 nitrogen and oxygen atoms in total. The lowest BCUT2D eigenvalue weighted by molar-refractivity contribution is -0.0407. The van der Waals surface area contributed by atoms with Gasteiger partial charge in [-0.15, -0.1) is 10.2 Å². The number of nitrogens with one attached hydrogen (secondary N) is 1. The molecule has 200 valence electrons. The van der Waals surface area contributed by atoms with Crippen molar-refractivity contribution >= 4 is 11.6 Å². The zero-order valence-electron chi connectivity index (χ0n) is 22.0. The second kappa shape index (κ2) is 9.54. The summed E-state index contributed by atoms with van der Waals surface area (Å²) in [6.07, 6.45) is 2.32. The van der Waals surface area contributed by atoms with E-state index in [1.54, 1.807) is 23.4 Å². The number of amides is 1. The predicted octanol–water partition coefficient (Wildman–Crippen LogP) is 5.28. The van der Waals surface area contributed by atoms with Gasteiger partial charge in [0.15, 0.2) is 0 Å². The van der Waals surface area contributed by atoms with Gasteiger partial charge in [-0.2, -0.15) is 0 Å². The molecular formula is C29H33F2N5O2. The van der Waals surface area contributed by atoms with E-state index in [-0.39, 0.29) is 41.4 Å². The van der Waals surface area contributed by atoms with Crippen LogP contribution < -0.4 is 10.2 Å². The number of ether oxygens (including phenoxy) is 1. The molecule has 2 fully saturated rings. The summed E-state index contributed by atoms with van der Waals surface area (Å²) < 4.78 is 35.9. The van der Waals surface area contributed by atoms with E-state index in [1.165, 1.54) is 6.42 Å². The maximum absolute atomic E-state index is 14.3. The number of hydrogen-bond acceptors (Lipinski definition) is 5. The monoisotopic (exact) mass is 521 g/mol. The number of hydrogen-bond donors (Lipinski definition) is 1. The third-order valence-corrected chi connectivity index (χ3v) is 8.56. The summed E-state index contributed by atoms with van der Waals surface area (Å²) >= 11 is 0. The average Bonchev–Trinajstić information content (AvgIpc) is 3.42. The Hall–Kier alpha value is -3.17. The van der Waals surface area contributed by atoms with Gasteiger partial charge in [-0.05, 0) is 74.1 Å². The van der Waals surface area contributed by atoms with Crippen LogP contribution in [0.2, 0.25) is 0 Å². The third kappa shape index (κ3) is 4.31. The number of benzene rings is 2.